The van der Waals surface area contributed by atoms with Gasteiger partial charge in [0.15, 0.2) is 11.5 Å². The summed E-state index contributed by atoms with van der Waals surface area (Å²) in [6.07, 6.45) is 9.09. The molecule has 0 aromatic heterocycles. The molecule has 0 aromatic carbocycles. The van der Waals surface area contributed by atoms with E-state index in [0.29, 0.717) is 24.2 Å². The van der Waals surface area contributed by atoms with Gasteiger partial charge in [0.2, 0.25) is 0 Å². The second kappa shape index (κ2) is 5.16. The second-order valence-electron chi connectivity index (χ2n) is 9.51. The van der Waals surface area contributed by atoms with Gasteiger partial charge in [0.25, 0.3) is 0 Å². The number of aliphatic hydroxyl groups is 1. The molecule has 0 amide bonds. The summed E-state index contributed by atoms with van der Waals surface area (Å²) in [4.78, 5) is 12.1. The van der Waals surface area contributed by atoms with Gasteiger partial charge in [-0.1, -0.05) is 25.5 Å². The number of Topliss-reactive ketones (excluding diaryl/α,β-unsaturated/α-hetero) is 1. The molecule has 4 rings (SSSR count). The van der Waals surface area contributed by atoms with E-state index in [1.165, 1.54) is 12.5 Å². The van der Waals surface area contributed by atoms with E-state index in [9.17, 15) is 9.90 Å². The molecule has 0 aliphatic heterocycles. The van der Waals surface area contributed by atoms with Crippen LogP contribution in [0.1, 0.15) is 72.1 Å². The highest BCUT2D eigenvalue weighted by molar-refractivity contribution is 5.86. The van der Waals surface area contributed by atoms with Crippen LogP contribution in [-0.4, -0.2) is 22.7 Å². The quantitative estimate of drug-likeness (QED) is 0.711. The molecule has 0 aromatic rings. The molecule has 3 fully saturated rings. The van der Waals surface area contributed by atoms with Crippen LogP contribution in [0.4, 0.5) is 4.39 Å². The van der Waals surface area contributed by atoms with E-state index in [1.54, 1.807) is 0 Å². The molecule has 0 bridgehead atoms. The predicted octanol–water partition coefficient (Wildman–Crippen LogP) is 4.61. The van der Waals surface area contributed by atoms with Crippen LogP contribution in [0.15, 0.2) is 11.6 Å². The lowest BCUT2D eigenvalue weighted by Crippen LogP contribution is -2.55. The first-order valence-corrected chi connectivity index (χ1v) is 9.80. The summed E-state index contributed by atoms with van der Waals surface area (Å²) in [5, 5.41) is 10.1. The van der Waals surface area contributed by atoms with Gasteiger partial charge >= 0.3 is 0 Å². The first kappa shape index (κ1) is 16.8. The van der Waals surface area contributed by atoms with Crippen LogP contribution in [0.5, 0.6) is 0 Å². The molecule has 4 aliphatic rings. The van der Waals surface area contributed by atoms with Crippen LogP contribution in [-0.2, 0) is 4.79 Å². The summed E-state index contributed by atoms with van der Waals surface area (Å²) >= 11 is 0. The number of allylic oxidation sites excluding steroid dienone is 1. The first-order chi connectivity index (χ1) is 11.2. The third-order valence-corrected chi connectivity index (χ3v) is 8.73. The standard InChI is InChI=1S/C21H31FO2/c1-13(23)21(22)11-8-18-16-5-4-14-12-15(24)6-9-19(14,2)17(16)7-10-20(18,21)3/h4,15-18,24H,5-12H2,1-3H3/t15-,16+,17-,18-,19-,20-,21-/m0/s1. The van der Waals surface area contributed by atoms with Crippen molar-refractivity contribution in [1.82, 2.24) is 0 Å². The zero-order chi connectivity index (χ0) is 17.3. The minimum atomic E-state index is -1.61. The van der Waals surface area contributed by atoms with Crippen molar-refractivity contribution in [3.8, 4) is 0 Å². The van der Waals surface area contributed by atoms with Gasteiger partial charge in [-0.25, -0.2) is 4.39 Å². The monoisotopic (exact) mass is 334 g/mol. The zero-order valence-corrected chi connectivity index (χ0v) is 15.3. The number of hydrogen-bond acceptors (Lipinski definition) is 2. The molecule has 0 heterocycles. The minimum absolute atomic E-state index is 0.182. The Bertz CT molecular complexity index is 599. The molecule has 24 heavy (non-hydrogen) atoms. The highest BCUT2D eigenvalue weighted by atomic mass is 19.1. The highest BCUT2D eigenvalue weighted by Crippen LogP contribution is 2.68. The number of aliphatic hydroxyl groups excluding tert-OH is 1. The summed E-state index contributed by atoms with van der Waals surface area (Å²) in [6, 6.07) is 0. The van der Waals surface area contributed by atoms with Gasteiger partial charge in [0, 0.05) is 5.41 Å². The number of fused-ring (bicyclic) bond motifs is 5. The van der Waals surface area contributed by atoms with E-state index in [-0.39, 0.29) is 17.3 Å². The third kappa shape index (κ3) is 1.94. The maximum Gasteiger partial charge on any atom is 0.174 e. The molecule has 3 saturated carbocycles. The molecular formula is C21H31FO2. The van der Waals surface area contributed by atoms with Crippen molar-refractivity contribution in [3.05, 3.63) is 11.6 Å². The fourth-order valence-electron chi connectivity index (χ4n) is 7.20. The van der Waals surface area contributed by atoms with E-state index < -0.39 is 11.1 Å². The fraction of sp³-hybridized carbons (Fsp3) is 0.857. The van der Waals surface area contributed by atoms with E-state index in [2.05, 4.69) is 19.9 Å². The topological polar surface area (TPSA) is 37.3 Å². The molecule has 3 heteroatoms. The summed E-state index contributed by atoms with van der Waals surface area (Å²) < 4.78 is 15.6. The summed E-state index contributed by atoms with van der Waals surface area (Å²) in [7, 11) is 0. The number of ketones is 1. The van der Waals surface area contributed by atoms with E-state index in [1.807, 2.05) is 0 Å². The lowest BCUT2D eigenvalue weighted by molar-refractivity contribution is -0.144. The van der Waals surface area contributed by atoms with Gasteiger partial charge in [0.05, 0.1) is 6.10 Å². The Labute approximate surface area is 144 Å². The largest absolute Gasteiger partial charge is 0.393 e. The van der Waals surface area contributed by atoms with Crippen LogP contribution in [0.25, 0.3) is 0 Å². The Hall–Kier alpha value is -0.700. The lowest BCUT2D eigenvalue weighted by Gasteiger charge is -2.58. The van der Waals surface area contributed by atoms with Crippen molar-refractivity contribution >= 4 is 5.78 Å². The average molecular weight is 334 g/mol. The predicted molar refractivity (Wildman–Crippen MR) is 92.2 cm³/mol. The normalized spacial score (nSPS) is 53.6. The van der Waals surface area contributed by atoms with E-state index >= 15 is 4.39 Å². The summed E-state index contributed by atoms with van der Waals surface area (Å²) in [6.45, 7) is 5.88. The number of rotatable bonds is 1. The molecule has 0 radical (unpaired) electrons. The van der Waals surface area contributed by atoms with E-state index in [0.717, 1.165) is 44.9 Å². The molecule has 7 atom stereocenters. The third-order valence-electron chi connectivity index (χ3n) is 8.73. The Morgan fingerprint density at radius 3 is 2.58 bits per heavy atom. The van der Waals surface area contributed by atoms with Crippen LogP contribution >= 0.6 is 0 Å². The molecule has 134 valence electrons. The SMILES string of the molecule is CC(=O)[C@@]1(F)CC[C@H]2[C@@H]3CC=C4C[C@@H](O)CC[C@]4(C)[C@H]3CC[C@@]21C. The lowest BCUT2D eigenvalue weighted by atomic mass is 9.47. The van der Waals surface area contributed by atoms with Crippen molar-refractivity contribution in [2.45, 2.75) is 83.9 Å². The van der Waals surface area contributed by atoms with Gasteiger partial charge in [-0.3, -0.25) is 4.79 Å². The van der Waals surface area contributed by atoms with Crippen molar-refractivity contribution in [2.75, 3.05) is 0 Å². The molecular weight excluding hydrogens is 303 g/mol. The number of carbonyl (C=O) groups excluding carboxylic acids is 1. The fourth-order valence-corrected chi connectivity index (χ4v) is 7.20. The van der Waals surface area contributed by atoms with Crippen molar-refractivity contribution in [1.29, 1.82) is 0 Å². The summed E-state index contributed by atoms with van der Waals surface area (Å²) in [5.41, 5.74) is -0.463. The van der Waals surface area contributed by atoms with Gasteiger partial charge in [-0.05, 0) is 81.5 Å². The van der Waals surface area contributed by atoms with E-state index in [4.69, 9.17) is 0 Å². The van der Waals surface area contributed by atoms with Gasteiger partial charge in [-0.2, -0.15) is 0 Å². The second-order valence-corrected chi connectivity index (χ2v) is 9.51. The number of halogens is 1. The summed E-state index contributed by atoms with van der Waals surface area (Å²) in [5.74, 6) is 1.17. The number of alkyl halides is 1. The Balaban J connectivity index is 1.69. The van der Waals surface area contributed by atoms with Crippen LogP contribution in [0, 0.1) is 28.6 Å². The molecule has 1 N–H and O–H groups in total. The number of hydrogen-bond donors (Lipinski definition) is 1. The van der Waals surface area contributed by atoms with Crippen molar-refractivity contribution in [3.63, 3.8) is 0 Å². The van der Waals surface area contributed by atoms with Crippen LogP contribution in [0.2, 0.25) is 0 Å². The van der Waals surface area contributed by atoms with Crippen molar-refractivity contribution in [2.24, 2.45) is 28.6 Å². The van der Waals surface area contributed by atoms with Gasteiger partial charge in [0.1, 0.15) is 0 Å². The maximum atomic E-state index is 15.6. The smallest absolute Gasteiger partial charge is 0.174 e. The molecule has 4 aliphatic carbocycles. The Kier molecular flexibility index (Phi) is 3.60. The first-order valence-electron chi connectivity index (χ1n) is 9.80. The Morgan fingerprint density at radius 1 is 1.17 bits per heavy atom. The molecule has 0 spiro atoms. The van der Waals surface area contributed by atoms with Gasteiger partial charge < -0.3 is 5.11 Å². The molecule has 0 saturated heterocycles. The van der Waals surface area contributed by atoms with Crippen LogP contribution in [0.3, 0.4) is 0 Å². The Morgan fingerprint density at radius 2 is 1.88 bits per heavy atom. The van der Waals surface area contributed by atoms with Crippen LogP contribution < -0.4 is 0 Å². The van der Waals surface area contributed by atoms with Gasteiger partial charge in [-0.15, -0.1) is 0 Å². The highest BCUT2D eigenvalue weighted by Gasteiger charge is 2.66. The minimum Gasteiger partial charge on any atom is -0.393 e. The number of carbonyl (C=O) groups is 1. The maximum absolute atomic E-state index is 15.6. The van der Waals surface area contributed by atoms with Crippen molar-refractivity contribution < 1.29 is 14.3 Å². The molecule has 2 nitrogen and oxygen atoms in total. The zero-order valence-electron chi connectivity index (χ0n) is 15.3. The average Bonchev–Trinajstić information content (AvgIpc) is 2.81. The molecule has 0 unspecified atom stereocenters.